The molecule has 0 heterocycles. The van der Waals surface area contributed by atoms with Crippen molar-refractivity contribution in [3.8, 4) is 0 Å². The molecule has 0 aliphatic heterocycles. The van der Waals surface area contributed by atoms with Gasteiger partial charge >= 0.3 is 214 Å². The third kappa shape index (κ3) is 704. The summed E-state index contributed by atoms with van der Waals surface area (Å²) < 4.78 is 34.2. The van der Waals surface area contributed by atoms with Gasteiger partial charge in [0.05, 0.1) is 0 Å². The summed E-state index contributed by atoms with van der Waals surface area (Å²) in [4.78, 5) is 103. The second-order valence-corrected chi connectivity index (χ2v) is 5.37. The Kier molecular flexibility index (Phi) is 122. The zero-order valence-corrected chi connectivity index (χ0v) is 30.3. The molecule has 29 heavy (non-hydrogen) atoms. The van der Waals surface area contributed by atoms with E-state index >= 15 is 0 Å². The number of rotatable bonds is 0. The molecule has 0 aliphatic carbocycles. The van der Waals surface area contributed by atoms with Crippen LogP contribution >= 0.6 is 31.3 Å². The molecule has 29 heteroatoms. The Balaban J connectivity index is -0.00000000970. The predicted octanol–water partition coefficient (Wildman–Crippen LogP) is -30.4. The molecule has 0 amide bonds. The minimum atomic E-state index is -5.39. The van der Waals surface area contributed by atoms with E-state index in [2.05, 4.69) is 0 Å². The minimum absolute atomic E-state index is 0. The molecule has 0 aliphatic rings. The van der Waals surface area contributed by atoms with E-state index in [0.29, 0.717) is 0 Å². The second-order valence-electron chi connectivity index (χ2n) is 1.79. The van der Waals surface area contributed by atoms with Gasteiger partial charge in [0, 0.05) is 0 Å². The van der Waals surface area contributed by atoms with Crippen molar-refractivity contribution in [2.24, 2.45) is 0 Å². The Hall–Kier alpha value is 7.53. The molecular weight excluding hydrogens is 543 g/mol. The van der Waals surface area contributed by atoms with Gasteiger partial charge in [-0.25, -0.2) is 0 Å². The molecule has 0 rings (SSSR count). The van der Waals surface area contributed by atoms with Crippen molar-refractivity contribution in [3.63, 3.8) is 0 Å². The molecule has 0 unspecified atom stereocenters. The molecule has 0 saturated heterocycles. The Morgan fingerprint density at radius 2 is 0.310 bits per heavy atom. The van der Waals surface area contributed by atoms with E-state index < -0.39 is 31.3 Å². The van der Waals surface area contributed by atoms with E-state index in [0.717, 1.165) is 0 Å². The molecule has 0 fully saturated rings. The topological polar surface area (TPSA) is 345 Å². The molecule has 0 N–H and O–H groups in total. The summed E-state index contributed by atoms with van der Waals surface area (Å²) in [5.74, 6) is 0. The Bertz CT molecular complexity index is 319. The summed E-state index contributed by atoms with van der Waals surface area (Å²) in [6.45, 7) is 0. The standard InChI is InChI=1S/3Li.3Mg.3Na.4H3O4P/c;;;;;;;;;4*1-5(2,3)4/h;;;;;;;;;4*(H3,1,2,3,4)/q3*+1;3*+2;3*+1;;;;/p-12. The fraction of sp³-hybridized carbons (Fsp3) is 0. The van der Waals surface area contributed by atoms with Gasteiger partial charge in [0.2, 0.25) is 0 Å². The average molecular weight is 543 g/mol. The molecule has 0 radical (unpaired) electrons. The summed E-state index contributed by atoms with van der Waals surface area (Å²) in [6, 6.07) is 0. The molecule has 0 aromatic heterocycles. The molecule has 128 valence electrons. The molecule has 0 spiro atoms. The van der Waals surface area contributed by atoms with Crippen LogP contribution in [0, 0.1) is 0 Å². The molecule has 0 bridgehead atoms. The zero-order valence-electron chi connectivity index (χ0n) is 16.4. The van der Waals surface area contributed by atoms with Crippen LogP contribution in [-0.2, 0) is 18.3 Å². The van der Waals surface area contributed by atoms with E-state index in [4.69, 9.17) is 77.0 Å². The van der Waals surface area contributed by atoms with Crippen molar-refractivity contribution in [2.75, 3.05) is 0 Å². The first-order chi connectivity index (χ1) is 8.00. The van der Waals surface area contributed by atoms with Crippen LogP contribution in [-0.4, -0.2) is 69.2 Å². The molecule has 0 saturated carbocycles. The van der Waals surface area contributed by atoms with Gasteiger partial charge in [-0.05, 0) is 0 Å². The number of hydrogen-bond acceptors (Lipinski definition) is 16. The summed E-state index contributed by atoms with van der Waals surface area (Å²) in [7, 11) is -21.6. The van der Waals surface area contributed by atoms with Crippen LogP contribution in [0.15, 0.2) is 0 Å². The molecular formula is Li3Mg3Na3O16P4. The zero-order chi connectivity index (χ0) is 18.0. The minimum Gasteiger partial charge on any atom is -0.822 e. The molecule has 0 aromatic rings. The maximum Gasteiger partial charge on any atom is 2.00 e. The fourth-order valence-electron chi connectivity index (χ4n) is 0. The smallest absolute Gasteiger partial charge is 0.822 e. The first-order valence-electron chi connectivity index (χ1n) is 2.92. The summed E-state index contributed by atoms with van der Waals surface area (Å²) in [6.07, 6.45) is 0. The van der Waals surface area contributed by atoms with Crippen LogP contribution in [0.3, 0.4) is 0 Å². The van der Waals surface area contributed by atoms with Gasteiger partial charge in [-0.2, -0.15) is 31.3 Å². The van der Waals surface area contributed by atoms with E-state index in [9.17, 15) is 0 Å². The monoisotopic (exact) mass is 542 g/mol. The van der Waals surface area contributed by atoms with Gasteiger partial charge in [-0.3, -0.25) is 0 Å². The first-order valence-corrected chi connectivity index (χ1v) is 8.76. The van der Waals surface area contributed by atoms with Gasteiger partial charge in [0.25, 0.3) is 0 Å². The van der Waals surface area contributed by atoms with Crippen LogP contribution in [0.4, 0.5) is 0 Å². The SMILES string of the molecule is O=P([O-])([O-])[O-].O=P([O-])([O-])[O-].O=P([O-])([O-])[O-].O=P([O-])([O-])[O-].[Li+].[Li+].[Li+].[Mg+2].[Mg+2].[Mg+2].[Na+].[Na+].[Na+]. The molecule has 0 atom stereocenters. The van der Waals surface area contributed by atoms with Crippen LogP contribution in [0.25, 0.3) is 0 Å². The largest absolute Gasteiger partial charge is 2.00 e. The normalized spacial score (nSPS) is 8.14. The van der Waals surface area contributed by atoms with E-state index in [1.165, 1.54) is 0 Å². The Labute approximate surface area is 316 Å². The van der Waals surface area contributed by atoms with Crippen LogP contribution < -0.4 is 204 Å². The fourth-order valence-corrected chi connectivity index (χ4v) is 0. The molecule has 16 nitrogen and oxygen atoms in total. The third-order valence-corrected chi connectivity index (χ3v) is 0. The maximum atomic E-state index is 8.55. The molecule has 0 aromatic carbocycles. The Morgan fingerprint density at radius 3 is 0.310 bits per heavy atom. The quantitative estimate of drug-likeness (QED) is 0.202. The van der Waals surface area contributed by atoms with Gasteiger partial charge in [0.15, 0.2) is 0 Å². The van der Waals surface area contributed by atoms with Crippen molar-refractivity contribution >= 4 is 100 Å². The summed E-state index contributed by atoms with van der Waals surface area (Å²) in [5, 5.41) is 0. The van der Waals surface area contributed by atoms with Crippen LogP contribution in [0.5, 0.6) is 0 Å². The van der Waals surface area contributed by atoms with Crippen LogP contribution in [0.2, 0.25) is 0 Å². The number of hydrogen-bond donors (Lipinski definition) is 0. The van der Waals surface area contributed by atoms with Crippen molar-refractivity contribution in [1.82, 2.24) is 0 Å². The second kappa shape index (κ2) is 42.6. The summed E-state index contributed by atoms with van der Waals surface area (Å²) in [5.41, 5.74) is 0. The average Bonchev–Trinajstić information content (AvgIpc) is 1.62. The van der Waals surface area contributed by atoms with Crippen molar-refractivity contribution < 1.29 is 222 Å². The Morgan fingerprint density at radius 1 is 0.310 bits per heavy atom. The van der Waals surface area contributed by atoms with Crippen molar-refractivity contribution in [2.45, 2.75) is 0 Å². The number of phosphoric acid groups is 4. The third-order valence-electron chi connectivity index (χ3n) is 0. The van der Waals surface area contributed by atoms with Gasteiger partial charge in [-0.1, -0.05) is 0 Å². The van der Waals surface area contributed by atoms with E-state index in [-0.39, 0.29) is 214 Å². The van der Waals surface area contributed by atoms with E-state index in [1.54, 1.807) is 0 Å². The van der Waals surface area contributed by atoms with Gasteiger partial charge < -0.3 is 77.0 Å². The predicted molar refractivity (Wildman–Crippen MR) is 47.7 cm³/mol. The van der Waals surface area contributed by atoms with Gasteiger partial charge in [-0.15, -0.1) is 0 Å². The van der Waals surface area contributed by atoms with Crippen LogP contribution in [0.1, 0.15) is 0 Å². The van der Waals surface area contributed by atoms with Gasteiger partial charge in [0.1, 0.15) is 0 Å². The van der Waals surface area contributed by atoms with Crippen molar-refractivity contribution in [3.05, 3.63) is 0 Å². The maximum absolute atomic E-state index is 8.55. The first kappa shape index (κ1) is 83.3. The summed E-state index contributed by atoms with van der Waals surface area (Å²) >= 11 is 0. The van der Waals surface area contributed by atoms with E-state index in [1.807, 2.05) is 0 Å². The van der Waals surface area contributed by atoms with Crippen molar-refractivity contribution in [1.29, 1.82) is 0 Å².